The second-order valence-electron chi connectivity index (χ2n) is 2.80. The van der Waals surface area contributed by atoms with Gasteiger partial charge in [0.15, 0.2) is 5.16 Å². The standard InChI is InChI=1S/C9H12ClN3O2S/c1-2-15-8(14)3-4-16-9-12-6(10)5-7(11)13-9/h5H,2-4H2,1H3,(H2,11,12,13). The number of esters is 1. The molecule has 0 bridgehead atoms. The van der Waals surface area contributed by atoms with Gasteiger partial charge in [0, 0.05) is 11.8 Å². The van der Waals surface area contributed by atoms with Gasteiger partial charge in [-0.2, -0.15) is 0 Å². The molecule has 0 saturated heterocycles. The van der Waals surface area contributed by atoms with Crippen molar-refractivity contribution in [3.8, 4) is 0 Å². The predicted octanol–water partition coefficient (Wildman–Crippen LogP) is 1.76. The molecule has 0 aliphatic rings. The maximum Gasteiger partial charge on any atom is 0.306 e. The Balaban J connectivity index is 2.40. The SMILES string of the molecule is CCOC(=O)CCSc1nc(N)cc(Cl)n1. The number of nitrogens with zero attached hydrogens (tertiary/aromatic N) is 2. The molecule has 1 aromatic heterocycles. The Morgan fingerprint density at radius 1 is 1.62 bits per heavy atom. The summed E-state index contributed by atoms with van der Waals surface area (Å²) in [6, 6.07) is 1.47. The molecule has 0 aliphatic heterocycles. The quantitative estimate of drug-likeness (QED) is 0.377. The summed E-state index contributed by atoms with van der Waals surface area (Å²) >= 11 is 7.02. The van der Waals surface area contributed by atoms with Crippen molar-refractivity contribution in [1.29, 1.82) is 0 Å². The van der Waals surface area contributed by atoms with E-state index in [2.05, 4.69) is 9.97 Å². The first kappa shape index (κ1) is 13.1. The van der Waals surface area contributed by atoms with E-state index < -0.39 is 0 Å². The van der Waals surface area contributed by atoms with Gasteiger partial charge in [-0.1, -0.05) is 23.4 Å². The number of nitrogens with two attached hydrogens (primary N) is 1. The highest BCUT2D eigenvalue weighted by atomic mass is 35.5. The van der Waals surface area contributed by atoms with E-state index in [1.165, 1.54) is 17.8 Å². The minimum Gasteiger partial charge on any atom is -0.466 e. The molecular weight excluding hydrogens is 250 g/mol. The number of anilines is 1. The maximum absolute atomic E-state index is 11.0. The van der Waals surface area contributed by atoms with E-state index >= 15 is 0 Å². The molecule has 1 rings (SSSR count). The second kappa shape index (κ2) is 6.55. The lowest BCUT2D eigenvalue weighted by molar-refractivity contribution is -0.142. The van der Waals surface area contributed by atoms with Crippen LogP contribution in [0.5, 0.6) is 0 Å². The van der Waals surface area contributed by atoms with Crippen molar-refractivity contribution in [3.63, 3.8) is 0 Å². The monoisotopic (exact) mass is 261 g/mol. The Morgan fingerprint density at radius 3 is 3.00 bits per heavy atom. The first-order valence-corrected chi connectivity index (χ1v) is 6.06. The van der Waals surface area contributed by atoms with Gasteiger partial charge in [-0.15, -0.1) is 0 Å². The molecule has 1 aromatic rings. The van der Waals surface area contributed by atoms with Crippen LogP contribution in [0.1, 0.15) is 13.3 Å². The number of ether oxygens (including phenoxy) is 1. The summed E-state index contributed by atoms with van der Waals surface area (Å²) in [6.07, 6.45) is 0.314. The van der Waals surface area contributed by atoms with E-state index in [9.17, 15) is 4.79 Å². The molecule has 0 fully saturated rings. The van der Waals surface area contributed by atoms with Gasteiger partial charge < -0.3 is 10.5 Å². The zero-order valence-electron chi connectivity index (χ0n) is 8.77. The van der Waals surface area contributed by atoms with E-state index in [0.29, 0.717) is 34.9 Å². The Labute approximate surface area is 103 Å². The fraction of sp³-hybridized carbons (Fsp3) is 0.444. The van der Waals surface area contributed by atoms with E-state index in [1.54, 1.807) is 6.92 Å². The fourth-order valence-electron chi connectivity index (χ4n) is 0.937. The highest BCUT2D eigenvalue weighted by Crippen LogP contribution is 2.18. The van der Waals surface area contributed by atoms with Crippen LogP contribution in [0.3, 0.4) is 0 Å². The molecule has 0 atom stereocenters. The molecule has 7 heteroatoms. The fourth-order valence-corrected chi connectivity index (χ4v) is 1.96. The third-order valence-corrected chi connectivity index (χ3v) is 2.58. The molecular formula is C9H12ClN3O2S. The van der Waals surface area contributed by atoms with Crippen LogP contribution in [0.25, 0.3) is 0 Å². The molecule has 2 N–H and O–H groups in total. The first-order valence-electron chi connectivity index (χ1n) is 4.70. The normalized spacial score (nSPS) is 10.1. The molecule has 0 unspecified atom stereocenters. The first-order chi connectivity index (χ1) is 7.61. The number of halogens is 1. The lowest BCUT2D eigenvalue weighted by Gasteiger charge is -2.02. The number of carbonyl (C=O) groups excluding carboxylic acids is 1. The topological polar surface area (TPSA) is 78.1 Å². The van der Waals surface area contributed by atoms with Gasteiger partial charge in [-0.25, -0.2) is 9.97 Å². The number of thioether (sulfide) groups is 1. The van der Waals surface area contributed by atoms with Crippen LogP contribution in [0.2, 0.25) is 5.15 Å². The van der Waals surface area contributed by atoms with Crippen molar-refractivity contribution in [2.24, 2.45) is 0 Å². The largest absolute Gasteiger partial charge is 0.466 e. The van der Waals surface area contributed by atoms with E-state index in [0.717, 1.165) is 0 Å². The summed E-state index contributed by atoms with van der Waals surface area (Å²) in [4.78, 5) is 19.0. The smallest absolute Gasteiger partial charge is 0.306 e. The van der Waals surface area contributed by atoms with Crippen molar-refractivity contribution in [2.45, 2.75) is 18.5 Å². The molecule has 0 spiro atoms. The summed E-state index contributed by atoms with van der Waals surface area (Å²) in [6.45, 7) is 2.16. The summed E-state index contributed by atoms with van der Waals surface area (Å²) in [5.41, 5.74) is 5.50. The number of hydrogen-bond donors (Lipinski definition) is 1. The van der Waals surface area contributed by atoms with E-state index in [4.69, 9.17) is 22.1 Å². The maximum atomic E-state index is 11.0. The molecule has 0 aliphatic carbocycles. The van der Waals surface area contributed by atoms with Crippen LogP contribution in [0, 0.1) is 0 Å². The zero-order chi connectivity index (χ0) is 12.0. The predicted molar refractivity (Wildman–Crippen MR) is 63.4 cm³/mol. The number of aromatic nitrogens is 2. The molecule has 0 aromatic carbocycles. The van der Waals surface area contributed by atoms with Crippen LogP contribution in [-0.4, -0.2) is 28.3 Å². The van der Waals surface area contributed by atoms with Gasteiger partial charge in [0.2, 0.25) is 0 Å². The summed E-state index contributed by atoms with van der Waals surface area (Å²) in [5, 5.41) is 0.764. The van der Waals surface area contributed by atoms with Gasteiger partial charge in [-0.3, -0.25) is 4.79 Å². The Morgan fingerprint density at radius 2 is 2.38 bits per heavy atom. The van der Waals surface area contributed by atoms with Gasteiger partial charge in [0.1, 0.15) is 11.0 Å². The number of carbonyl (C=O) groups is 1. The van der Waals surface area contributed by atoms with Crippen LogP contribution >= 0.6 is 23.4 Å². The molecule has 5 nitrogen and oxygen atoms in total. The Kier molecular flexibility index (Phi) is 5.34. The Hall–Kier alpha value is -1.01. The van der Waals surface area contributed by atoms with Crippen molar-refractivity contribution in [1.82, 2.24) is 9.97 Å². The molecule has 0 radical (unpaired) electrons. The molecule has 0 amide bonds. The van der Waals surface area contributed by atoms with Crippen molar-refractivity contribution in [3.05, 3.63) is 11.2 Å². The molecule has 0 saturated carbocycles. The van der Waals surface area contributed by atoms with Crippen LogP contribution < -0.4 is 5.73 Å². The summed E-state index contributed by atoms with van der Waals surface area (Å²) < 4.78 is 4.78. The zero-order valence-corrected chi connectivity index (χ0v) is 10.3. The van der Waals surface area contributed by atoms with Gasteiger partial charge in [0.25, 0.3) is 0 Å². The highest BCUT2D eigenvalue weighted by molar-refractivity contribution is 7.99. The Bertz CT molecular complexity index is 356. The van der Waals surface area contributed by atoms with E-state index in [1.807, 2.05) is 0 Å². The molecule has 1 heterocycles. The minimum atomic E-state index is -0.231. The van der Waals surface area contributed by atoms with Crippen molar-refractivity contribution in [2.75, 3.05) is 18.1 Å². The van der Waals surface area contributed by atoms with Gasteiger partial charge in [-0.05, 0) is 6.92 Å². The van der Waals surface area contributed by atoms with Crippen LogP contribution in [-0.2, 0) is 9.53 Å². The summed E-state index contributed by atoms with van der Waals surface area (Å²) in [5.74, 6) is 0.627. The average molecular weight is 262 g/mol. The number of nitrogen functional groups attached to an aromatic ring is 1. The van der Waals surface area contributed by atoms with Gasteiger partial charge in [0.05, 0.1) is 13.0 Å². The average Bonchev–Trinajstić information content (AvgIpc) is 2.16. The second-order valence-corrected chi connectivity index (χ2v) is 4.25. The van der Waals surface area contributed by atoms with Crippen LogP contribution in [0.15, 0.2) is 11.2 Å². The molecule has 16 heavy (non-hydrogen) atoms. The van der Waals surface area contributed by atoms with Gasteiger partial charge >= 0.3 is 5.97 Å². The molecule has 88 valence electrons. The van der Waals surface area contributed by atoms with Crippen LogP contribution in [0.4, 0.5) is 5.82 Å². The number of hydrogen-bond acceptors (Lipinski definition) is 6. The lowest BCUT2D eigenvalue weighted by Crippen LogP contribution is -2.05. The van der Waals surface area contributed by atoms with E-state index in [-0.39, 0.29) is 5.97 Å². The third kappa shape index (κ3) is 4.67. The highest BCUT2D eigenvalue weighted by Gasteiger charge is 2.05. The minimum absolute atomic E-state index is 0.231. The third-order valence-electron chi connectivity index (χ3n) is 1.54. The van der Waals surface area contributed by atoms with Crippen molar-refractivity contribution < 1.29 is 9.53 Å². The summed E-state index contributed by atoms with van der Waals surface area (Å²) in [7, 11) is 0. The lowest BCUT2D eigenvalue weighted by atomic mass is 10.5. The number of rotatable bonds is 5. The van der Waals surface area contributed by atoms with Crippen molar-refractivity contribution >= 4 is 35.1 Å².